The second kappa shape index (κ2) is 6.65. The van der Waals surface area contributed by atoms with Gasteiger partial charge in [0, 0.05) is 30.8 Å². The molecule has 0 fully saturated rings. The summed E-state index contributed by atoms with van der Waals surface area (Å²) >= 11 is 0. The van der Waals surface area contributed by atoms with Crippen LogP contribution in [0.15, 0.2) is 36.9 Å². The predicted molar refractivity (Wildman–Crippen MR) is 79.9 cm³/mol. The standard InChI is InChI=1S/C15H18N4O/c1-3-6-18-14-10-17-7-4-12(14)15(20)19-13-5-8-16-9-11(13)2/h4-5,7-10,18H,3,6H2,1-2H3,(H,16,19,20). The van der Waals surface area contributed by atoms with Crippen molar-refractivity contribution in [2.24, 2.45) is 0 Å². The van der Waals surface area contributed by atoms with E-state index in [1.807, 2.05) is 6.92 Å². The largest absolute Gasteiger partial charge is 0.383 e. The molecule has 5 heteroatoms. The molecule has 0 aliphatic rings. The van der Waals surface area contributed by atoms with Crippen LogP contribution >= 0.6 is 0 Å². The highest BCUT2D eigenvalue weighted by Crippen LogP contribution is 2.17. The summed E-state index contributed by atoms with van der Waals surface area (Å²) in [6.07, 6.45) is 7.65. The molecule has 1 amide bonds. The van der Waals surface area contributed by atoms with Gasteiger partial charge in [0.2, 0.25) is 0 Å². The van der Waals surface area contributed by atoms with E-state index < -0.39 is 0 Å². The van der Waals surface area contributed by atoms with E-state index in [4.69, 9.17) is 0 Å². The van der Waals surface area contributed by atoms with Gasteiger partial charge < -0.3 is 10.6 Å². The van der Waals surface area contributed by atoms with Crippen LogP contribution in [0.3, 0.4) is 0 Å². The first-order valence-corrected chi connectivity index (χ1v) is 6.62. The monoisotopic (exact) mass is 270 g/mol. The Balaban J connectivity index is 2.19. The molecule has 0 radical (unpaired) electrons. The molecule has 2 rings (SSSR count). The number of nitrogens with one attached hydrogen (secondary N) is 2. The Morgan fingerprint density at radius 2 is 1.90 bits per heavy atom. The zero-order valence-corrected chi connectivity index (χ0v) is 11.7. The number of aryl methyl sites for hydroxylation is 1. The van der Waals surface area contributed by atoms with Crippen LogP contribution in [-0.4, -0.2) is 22.4 Å². The second-order valence-corrected chi connectivity index (χ2v) is 4.49. The summed E-state index contributed by atoms with van der Waals surface area (Å²) in [6, 6.07) is 3.50. The van der Waals surface area contributed by atoms with E-state index in [2.05, 4.69) is 27.5 Å². The van der Waals surface area contributed by atoms with Gasteiger partial charge in [0.05, 0.1) is 17.4 Å². The summed E-state index contributed by atoms with van der Waals surface area (Å²) in [5, 5.41) is 6.11. The summed E-state index contributed by atoms with van der Waals surface area (Å²) in [4.78, 5) is 20.4. The Morgan fingerprint density at radius 1 is 1.15 bits per heavy atom. The van der Waals surface area contributed by atoms with Crippen molar-refractivity contribution in [3.63, 3.8) is 0 Å². The van der Waals surface area contributed by atoms with Crippen molar-refractivity contribution in [2.75, 3.05) is 17.2 Å². The number of carbonyl (C=O) groups excluding carboxylic acids is 1. The van der Waals surface area contributed by atoms with E-state index in [0.29, 0.717) is 5.56 Å². The molecule has 20 heavy (non-hydrogen) atoms. The summed E-state index contributed by atoms with van der Waals surface area (Å²) in [6.45, 7) is 4.79. The SMILES string of the molecule is CCCNc1cnccc1C(=O)Nc1ccncc1C. The Morgan fingerprint density at radius 3 is 2.65 bits per heavy atom. The van der Waals surface area contributed by atoms with Crippen LogP contribution in [0.2, 0.25) is 0 Å². The van der Waals surface area contributed by atoms with Crippen LogP contribution < -0.4 is 10.6 Å². The summed E-state index contributed by atoms with van der Waals surface area (Å²) < 4.78 is 0. The molecule has 0 saturated carbocycles. The van der Waals surface area contributed by atoms with Crippen LogP contribution in [0.4, 0.5) is 11.4 Å². The van der Waals surface area contributed by atoms with Crippen LogP contribution in [0.1, 0.15) is 29.3 Å². The van der Waals surface area contributed by atoms with E-state index in [1.54, 1.807) is 36.9 Å². The Labute approximate surface area is 118 Å². The zero-order valence-electron chi connectivity index (χ0n) is 11.7. The molecule has 104 valence electrons. The van der Waals surface area contributed by atoms with Gasteiger partial charge in [0.25, 0.3) is 5.91 Å². The molecule has 0 unspecified atom stereocenters. The van der Waals surface area contributed by atoms with Gasteiger partial charge in [-0.2, -0.15) is 0 Å². The predicted octanol–water partition coefficient (Wildman–Crippen LogP) is 2.86. The maximum absolute atomic E-state index is 12.4. The van der Waals surface area contributed by atoms with Crippen molar-refractivity contribution in [1.29, 1.82) is 0 Å². The van der Waals surface area contributed by atoms with Gasteiger partial charge in [-0.15, -0.1) is 0 Å². The third-order valence-electron chi connectivity index (χ3n) is 2.90. The third-order valence-corrected chi connectivity index (χ3v) is 2.90. The first kappa shape index (κ1) is 14.0. The molecule has 0 saturated heterocycles. The molecule has 0 aliphatic carbocycles. The Bertz CT molecular complexity index is 598. The maximum atomic E-state index is 12.4. The maximum Gasteiger partial charge on any atom is 0.257 e. The molecule has 2 aromatic heterocycles. The molecule has 5 nitrogen and oxygen atoms in total. The van der Waals surface area contributed by atoms with Gasteiger partial charge >= 0.3 is 0 Å². The number of carbonyl (C=O) groups is 1. The fourth-order valence-electron chi connectivity index (χ4n) is 1.80. The molecular formula is C15H18N4O. The fraction of sp³-hybridized carbons (Fsp3) is 0.267. The van der Waals surface area contributed by atoms with Gasteiger partial charge in [-0.1, -0.05) is 6.92 Å². The van der Waals surface area contributed by atoms with Gasteiger partial charge in [-0.25, -0.2) is 0 Å². The number of aromatic nitrogens is 2. The van der Waals surface area contributed by atoms with Gasteiger partial charge in [0.1, 0.15) is 0 Å². The average Bonchev–Trinajstić information content (AvgIpc) is 2.47. The van der Waals surface area contributed by atoms with Crippen LogP contribution in [-0.2, 0) is 0 Å². The molecule has 2 N–H and O–H groups in total. The number of nitrogens with zero attached hydrogens (tertiary/aromatic N) is 2. The van der Waals surface area contributed by atoms with E-state index in [1.165, 1.54) is 0 Å². The Kier molecular flexibility index (Phi) is 4.65. The molecule has 0 aliphatic heterocycles. The van der Waals surface area contributed by atoms with E-state index in [0.717, 1.165) is 29.9 Å². The second-order valence-electron chi connectivity index (χ2n) is 4.49. The molecule has 0 bridgehead atoms. The fourth-order valence-corrected chi connectivity index (χ4v) is 1.80. The highest BCUT2D eigenvalue weighted by atomic mass is 16.1. The van der Waals surface area contributed by atoms with Gasteiger partial charge in [-0.05, 0) is 31.0 Å². The average molecular weight is 270 g/mol. The van der Waals surface area contributed by atoms with Crippen molar-refractivity contribution in [3.8, 4) is 0 Å². The minimum Gasteiger partial charge on any atom is -0.383 e. The number of pyridine rings is 2. The third kappa shape index (κ3) is 3.32. The smallest absolute Gasteiger partial charge is 0.257 e. The lowest BCUT2D eigenvalue weighted by Gasteiger charge is -2.12. The molecule has 2 aromatic rings. The minimum atomic E-state index is -0.152. The quantitative estimate of drug-likeness (QED) is 0.876. The molecular weight excluding hydrogens is 252 g/mol. The molecule has 0 spiro atoms. The summed E-state index contributed by atoms with van der Waals surface area (Å²) in [5.74, 6) is -0.152. The topological polar surface area (TPSA) is 66.9 Å². The van der Waals surface area contributed by atoms with Gasteiger partial charge in [-0.3, -0.25) is 14.8 Å². The van der Waals surface area contributed by atoms with Crippen molar-refractivity contribution < 1.29 is 4.79 Å². The van der Waals surface area contributed by atoms with E-state index in [-0.39, 0.29) is 5.91 Å². The number of amides is 1. The van der Waals surface area contributed by atoms with Crippen LogP contribution in [0.5, 0.6) is 0 Å². The van der Waals surface area contributed by atoms with Crippen molar-refractivity contribution in [3.05, 3.63) is 48.0 Å². The van der Waals surface area contributed by atoms with Crippen LogP contribution in [0, 0.1) is 6.92 Å². The number of hydrogen-bond donors (Lipinski definition) is 2. The first-order valence-electron chi connectivity index (χ1n) is 6.62. The lowest BCUT2D eigenvalue weighted by Crippen LogP contribution is -2.16. The van der Waals surface area contributed by atoms with Crippen molar-refractivity contribution in [1.82, 2.24) is 9.97 Å². The molecule has 0 atom stereocenters. The Hall–Kier alpha value is -2.43. The normalized spacial score (nSPS) is 10.1. The lowest BCUT2D eigenvalue weighted by molar-refractivity contribution is 0.102. The number of hydrogen-bond acceptors (Lipinski definition) is 4. The summed E-state index contributed by atoms with van der Waals surface area (Å²) in [7, 11) is 0. The first-order chi connectivity index (χ1) is 9.72. The zero-order chi connectivity index (χ0) is 14.4. The van der Waals surface area contributed by atoms with E-state index >= 15 is 0 Å². The molecule has 2 heterocycles. The lowest BCUT2D eigenvalue weighted by atomic mass is 10.2. The number of rotatable bonds is 5. The minimum absolute atomic E-state index is 0.152. The molecule has 0 aromatic carbocycles. The van der Waals surface area contributed by atoms with Gasteiger partial charge in [0.15, 0.2) is 0 Å². The highest BCUT2D eigenvalue weighted by Gasteiger charge is 2.12. The summed E-state index contributed by atoms with van der Waals surface area (Å²) in [5.41, 5.74) is 3.03. The van der Waals surface area contributed by atoms with Crippen molar-refractivity contribution in [2.45, 2.75) is 20.3 Å². The van der Waals surface area contributed by atoms with E-state index in [9.17, 15) is 4.79 Å². The van der Waals surface area contributed by atoms with Crippen LogP contribution in [0.25, 0.3) is 0 Å². The number of anilines is 2. The van der Waals surface area contributed by atoms with Crippen molar-refractivity contribution >= 4 is 17.3 Å². The highest BCUT2D eigenvalue weighted by molar-refractivity contribution is 6.08.